The van der Waals surface area contributed by atoms with Gasteiger partial charge in [0.15, 0.2) is 30.4 Å². The molecule has 0 saturated carbocycles. The molecule has 0 spiro atoms. The second-order valence-corrected chi connectivity index (χ2v) is 7.10. The van der Waals surface area contributed by atoms with Gasteiger partial charge >= 0.3 is 0 Å². The van der Waals surface area contributed by atoms with E-state index in [1.165, 1.54) is 50.5 Å². The van der Waals surface area contributed by atoms with E-state index >= 15 is 0 Å². The van der Waals surface area contributed by atoms with Gasteiger partial charge in [-0.15, -0.1) is 0 Å². The van der Waals surface area contributed by atoms with Crippen molar-refractivity contribution in [2.45, 2.75) is 77.7 Å². The third-order valence-corrected chi connectivity index (χ3v) is 4.76. The number of rotatable bonds is 13. The maximum atomic E-state index is 12.4. The van der Waals surface area contributed by atoms with Crippen LogP contribution in [0.3, 0.4) is 0 Å². The Labute approximate surface area is 158 Å². The van der Waals surface area contributed by atoms with Gasteiger partial charge in [-0.25, -0.2) is 4.98 Å². The number of benzene rings is 1. The molecule has 1 aromatic heterocycles. The summed E-state index contributed by atoms with van der Waals surface area (Å²) in [7, 11) is 0. The lowest BCUT2D eigenvalue weighted by Gasteiger charge is -2.02. The first kappa shape index (κ1) is 20.3. The first-order valence-corrected chi connectivity index (χ1v) is 10.2. The zero-order chi connectivity index (χ0) is 18.5. The Morgan fingerprint density at radius 3 is 2.27 bits per heavy atom. The van der Waals surface area contributed by atoms with Crippen LogP contribution in [0.25, 0.3) is 0 Å². The van der Waals surface area contributed by atoms with Gasteiger partial charge in [-0.05, 0) is 6.42 Å². The third kappa shape index (κ3) is 7.90. The van der Waals surface area contributed by atoms with E-state index < -0.39 is 0 Å². The summed E-state index contributed by atoms with van der Waals surface area (Å²) < 4.78 is 2.03. The Balaban J connectivity index is 1.67. The van der Waals surface area contributed by atoms with Crippen molar-refractivity contribution in [1.29, 1.82) is 0 Å². The third-order valence-electron chi connectivity index (χ3n) is 4.76. The fraction of sp³-hybridized carbons (Fsp3) is 0.522. The van der Waals surface area contributed by atoms with Gasteiger partial charge in [0.05, 0.1) is 6.20 Å². The second kappa shape index (κ2) is 12.3. The number of unbranched alkanes of at least 4 members (excludes halogenated alkanes) is 8. The molecule has 0 unspecified atom stereocenters. The van der Waals surface area contributed by atoms with Gasteiger partial charge in [-0.2, -0.15) is 4.57 Å². The normalized spacial score (nSPS) is 10.8. The predicted octanol–water partition coefficient (Wildman–Crippen LogP) is 5.52. The summed E-state index contributed by atoms with van der Waals surface area (Å²) in [6.45, 7) is 3.02. The number of carbonyl (C=O) groups is 1. The number of carbonyl (C=O) groups excluding carboxylic acids is 1. The molecule has 0 bridgehead atoms. The smallest absolute Gasteiger partial charge is 0.198 e. The Morgan fingerprint density at radius 2 is 1.58 bits per heavy atom. The van der Waals surface area contributed by atoms with E-state index in [0.29, 0.717) is 12.1 Å². The molecule has 0 aliphatic heterocycles. The van der Waals surface area contributed by atoms with Crippen molar-refractivity contribution in [2.24, 2.45) is 0 Å². The molecule has 0 aliphatic rings. The molecule has 26 heavy (non-hydrogen) atoms. The van der Waals surface area contributed by atoms with Crippen LogP contribution in [0.5, 0.6) is 0 Å². The van der Waals surface area contributed by atoms with E-state index in [9.17, 15) is 4.79 Å². The second-order valence-electron chi connectivity index (χ2n) is 7.10. The molecule has 3 nitrogen and oxygen atoms in total. The van der Waals surface area contributed by atoms with Gasteiger partial charge in [0, 0.05) is 12.0 Å². The van der Waals surface area contributed by atoms with Gasteiger partial charge in [0.25, 0.3) is 0 Å². The number of nitrogens with zero attached hydrogens (tertiary/aromatic N) is 2. The predicted molar refractivity (Wildman–Crippen MR) is 106 cm³/mol. The number of hydrogen-bond acceptors (Lipinski definition) is 2. The fourth-order valence-electron chi connectivity index (χ4n) is 3.19. The van der Waals surface area contributed by atoms with Gasteiger partial charge in [0.1, 0.15) is 0 Å². The van der Waals surface area contributed by atoms with Crippen LogP contribution in [0, 0.1) is 0 Å². The molecular weight excluding hydrogens is 320 g/mol. The van der Waals surface area contributed by atoms with E-state index in [2.05, 4.69) is 24.0 Å². The van der Waals surface area contributed by atoms with Crippen molar-refractivity contribution in [1.82, 2.24) is 4.98 Å². The summed E-state index contributed by atoms with van der Waals surface area (Å²) in [4.78, 5) is 16.6. The first-order valence-electron chi connectivity index (χ1n) is 10.2. The standard InChI is InChI=1S/C23H33N2O/c1-2-3-4-5-6-7-8-9-13-16-23(26)22-20-25(18-17-24-22)19-21-14-11-10-12-15-21/h10-12,14-15,17-18,20H,2-9,13,16,19H2,1H3/q+1. The number of Topliss-reactive ketones (excluding diaryl/α,β-unsaturated/α-hetero) is 1. The van der Waals surface area contributed by atoms with Crippen molar-refractivity contribution in [2.75, 3.05) is 0 Å². The quantitative estimate of drug-likeness (QED) is 0.270. The molecule has 0 fully saturated rings. The Kier molecular flexibility index (Phi) is 9.63. The minimum Gasteiger partial charge on any atom is -0.292 e. The molecule has 0 aliphatic carbocycles. The summed E-state index contributed by atoms with van der Waals surface area (Å²) >= 11 is 0. The maximum Gasteiger partial charge on any atom is 0.198 e. The zero-order valence-corrected chi connectivity index (χ0v) is 16.2. The molecule has 3 heteroatoms. The molecule has 0 amide bonds. The highest BCUT2D eigenvalue weighted by molar-refractivity contribution is 5.93. The minimum atomic E-state index is 0.162. The van der Waals surface area contributed by atoms with Crippen LogP contribution in [0.4, 0.5) is 0 Å². The van der Waals surface area contributed by atoms with E-state index in [-0.39, 0.29) is 5.78 Å². The summed E-state index contributed by atoms with van der Waals surface area (Å²) in [5.74, 6) is 0.162. The summed E-state index contributed by atoms with van der Waals surface area (Å²) in [6, 6.07) is 10.3. The SMILES string of the molecule is CCCCCCCCCCCC(=O)c1c[n+](Cc2ccccc2)ccn1. The van der Waals surface area contributed by atoms with Gasteiger partial charge < -0.3 is 0 Å². The Bertz CT molecular complexity index is 640. The van der Waals surface area contributed by atoms with Gasteiger partial charge in [-0.3, -0.25) is 4.79 Å². The molecule has 0 saturated heterocycles. The molecule has 2 rings (SSSR count). The Hall–Kier alpha value is -2.03. The molecular formula is C23H33N2O+. The lowest BCUT2D eigenvalue weighted by molar-refractivity contribution is -0.689. The van der Waals surface area contributed by atoms with Crippen LogP contribution in [0.1, 0.15) is 87.2 Å². The van der Waals surface area contributed by atoms with E-state index in [0.717, 1.165) is 19.4 Å². The van der Waals surface area contributed by atoms with E-state index in [4.69, 9.17) is 0 Å². The lowest BCUT2D eigenvalue weighted by Crippen LogP contribution is -2.35. The summed E-state index contributed by atoms with van der Waals surface area (Å²) in [5.41, 5.74) is 1.81. The van der Waals surface area contributed by atoms with Gasteiger partial charge in [0.2, 0.25) is 0 Å². The highest BCUT2D eigenvalue weighted by Crippen LogP contribution is 2.11. The number of ketones is 1. The van der Waals surface area contributed by atoms with Crippen molar-refractivity contribution < 1.29 is 9.36 Å². The number of aromatic nitrogens is 2. The summed E-state index contributed by atoms with van der Waals surface area (Å²) in [5, 5.41) is 0. The highest BCUT2D eigenvalue weighted by Gasteiger charge is 2.12. The Morgan fingerprint density at radius 1 is 0.923 bits per heavy atom. The first-order chi connectivity index (χ1) is 12.8. The van der Waals surface area contributed by atoms with Crippen LogP contribution in [0.15, 0.2) is 48.9 Å². The van der Waals surface area contributed by atoms with Crippen LogP contribution >= 0.6 is 0 Å². The van der Waals surface area contributed by atoms with Crippen LogP contribution in [0.2, 0.25) is 0 Å². The average molecular weight is 354 g/mol. The molecule has 0 N–H and O–H groups in total. The molecule has 2 aromatic rings. The highest BCUT2D eigenvalue weighted by atomic mass is 16.1. The monoisotopic (exact) mass is 353 g/mol. The topological polar surface area (TPSA) is 33.8 Å². The molecule has 1 aromatic carbocycles. The van der Waals surface area contributed by atoms with Crippen molar-refractivity contribution in [3.05, 3.63) is 60.2 Å². The average Bonchev–Trinajstić information content (AvgIpc) is 2.67. The van der Waals surface area contributed by atoms with Gasteiger partial charge in [-0.1, -0.05) is 88.6 Å². The van der Waals surface area contributed by atoms with Crippen LogP contribution in [-0.4, -0.2) is 10.8 Å². The molecule has 140 valence electrons. The minimum absolute atomic E-state index is 0.162. The van der Waals surface area contributed by atoms with E-state index in [1.807, 2.05) is 35.2 Å². The molecule has 1 heterocycles. The molecule has 0 radical (unpaired) electrons. The van der Waals surface area contributed by atoms with Crippen LogP contribution < -0.4 is 4.57 Å². The lowest BCUT2D eigenvalue weighted by atomic mass is 10.0. The number of hydrogen-bond donors (Lipinski definition) is 0. The van der Waals surface area contributed by atoms with E-state index in [1.54, 1.807) is 6.20 Å². The fourth-order valence-corrected chi connectivity index (χ4v) is 3.19. The van der Waals surface area contributed by atoms with Crippen molar-refractivity contribution in [3.8, 4) is 0 Å². The maximum absolute atomic E-state index is 12.4. The zero-order valence-electron chi connectivity index (χ0n) is 16.2. The van der Waals surface area contributed by atoms with Crippen molar-refractivity contribution >= 4 is 5.78 Å². The molecule has 0 atom stereocenters. The summed E-state index contributed by atoms with van der Waals surface area (Å²) in [6.07, 6.45) is 17.6. The largest absolute Gasteiger partial charge is 0.292 e. The van der Waals surface area contributed by atoms with Crippen LogP contribution in [-0.2, 0) is 6.54 Å². The van der Waals surface area contributed by atoms with Crippen molar-refractivity contribution in [3.63, 3.8) is 0 Å².